The van der Waals surface area contributed by atoms with E-state index in [9.17, 15) is 14.7 Å². The minimum atomic E-state index is -1.15. The quantitative estimate of drug-likeness (QED) is 0.334. The average Bonchev–Trinajstić information content (AvgIpc) is 2.86. The third-order valence-electron chi connectivity index (χ3n) is 6.15. The van der Waals surface area contributed by atoms with Crippen molar-refractivity contribution in [2.45, 2.75) is 50.3 Å². The Morgan fingerprint density at radius 3 is 2.28 bits per heavy atom. The molecule has 0 bridgehead atoms. The fraction of sp³-hybridized carbons (Fsp3) is 0.296. The number of benzene rings is 2. The van der Waals surface area contributed by atoms with E-state index >= 15 is 0 Å². The zero-order chi connectivity index (χ0) is 25.5. The second-order valence-electron chi connectivity index (χ2n) is 8.76. The van der Waals surface area contributed by atoms with Crippen LogP contribution < -0.4 is 15.4 Å². The Kier molecular flexibility index (Phi) is 8.67. The third-order valence-corrected chi connectivity index (χ3v) is 6.78. The average molecular weight is 528 g/mol. The van der Waals surface area contributed by atoms with Crippen LogP contribution in [0.15, 0.2) is 66.9 Å². The van der Waals surface area contributed by atoms with Crippen LogP contribution in [0.4, 0.5) is 5.82 Å². The first-order valence-electron chi connectivity index (χ1n) is 11.8. The zero-order valence-electron chi connectivity index (χ0n) is 19.5. The van der Waals surface area contributed by atoms with Crippen LogP contribution in [0.3, 0.4) is 0 Å². The molecule has 4 rings (SSSR count). The number of carbonyl (C=O) groups is 2. The molecule has 7 nitrogen and oxygen atoms in total. The molecule has 1 saturated carbocycles. The highest BCUT2D eigenvalue weighted by atomic mass is 35.5. The fourth-order valence-corrected chi connectivity index (χ4v) is 4.83. The lowest BCUT2D eigenvalue weighted by Crippen LogP contribution is -2.42. The Hall–Kier alpha value is -3.29. The zero-order valence-corrected chi connectivity index (χ0v) is 21.0. The van der Waals surface area contributed by atoms with Gasteiger partial charge in [0.1, 0.15) is 17.6 Å². The van der Waals surface area contributed by atoms with Gasteiger partial charge >= 0.3 is 5.97 Å². The first-order valence-corrected chi connectivity index (χ1v) is 12.6. The SMILES string of the molecule is O=C(NC(Cc1ccc(O[C@H]2CC[C@@H](Nc3ccccn3)CC2)cc1)C(=O)O)c1c(Cl)cccc1Cl. The Morgan fingerprint density at radius 1 is 0.972 bits per heavy atom. The number of ether oxygens (including phenoxy) is 1. The van der Waals surface area contributed by atoms with E-state index in [1.54, 1.807) is 12.3 Å². The molecule has 1 amide bonds. The van der Waals surface area contributed by atoms with Gasteiger partial charge in [-0.05, 0) is 67.6 Å². The molecule has 3 N–H and O–H groups in total. The molecule has 2 aromatic carbocycles. The number of pyridine rings is 1. The lowest BCUT2D eigenvalue weighted by molar-refractivity contribution is -0.139. The van der Waals surface area contributed by atoms with Crippen molar-refractivity contribution < 1.29 is 19.4 Å². The van der Waals surface area contributed by atoms with Gasteiger partial charge in [-0.3, -0.25) is 4.79 Å². The maximum atomic E-state index is 12.6. The van der Waals surface area contributed by atoms with Gasteiger partial charge in [0.25, 0.3) is 5.91 Å². The van der Waals surface area contributed by atoms with Crippen LogP contribution in [-0.4, -0.2) is 40.2 Å². The monoisotopic (exact) mass is 527 g/mol. The summed E-state index contributed by atoms with van der Waals surface area (Å²) in [6.07, 6.45) is 5.87. The second-order valence-corrected chi connectivity index (χ2v) is 9.57. The van der Waals surface area contributed by atoms with Gasteiger partial charge in [-0.15, -0.1) is 0 Å². The minimum absolute atomic E-state index is 0.0563. The third kappa shape index (κ3) is 6.89. The summed E-state index contributed by atoms with van der Waals surface area (Å²) in [4.78, 5) is 28.7. The number of amides is 1. The van der Waals surface area contributed by atoms with E-state index in [1.165, 1.54) is 12.1 Å². The molecular formula is C27H27Cl2N3O4. The molecule has 36 heavy (non-hydrogen) atoms. The predicted molar refractivity (Wildman–Crippen MR) is 140 cm³/mol. The minimum Gasteiger partial charge on any atom is -0.490 e. The topological polar surface area (TPSA) is 101 Å². The summed E-state index contributed by atoms with van der Waals surface area (Å²) in [5.41, 5.74) is 0.810. The number of anilines is 1. The van der Waals surface area contributed by atoms with Gasteiger partial charge in [0.05, 0.1) is 21.7 Å². The molecule has 1 aliphatic carbocycles. The van der Waals surface area contributed by atoms with Crippen LogP contribution >= 0.6 is 23.2 Å². The van der Waals surface area contributed by atoms with Crippen LogP contribution in [0.5, 0.6) is 5.75 Å². The first kappa shape index (κ1) is 25.8. The number of aromatic nitrogens is 1. The molecule has 1 heterocycles. The Balaban J connectivity index is 1.29. The standard InChI is InChI=1S/C27H27Cl2N3O4/c28-21-4-3-5-22(29)25(21)26(33)32-23(27(34)35)16-17-7-11-19(12-8-17)36-20-13-9-18(10-14-20)31-24-6-1-2-15-30-24/h1-8,11-12,15,18,20,23H,9-10,13-14,16H2,(H,30,31)(H,32,33)(H,34,35)/t18-,20+,23?. The number of nitrogens with one attached hydrogen (secondary N) is 2. The summed E-state index contributed by atoms with van der Waals surface area (Å²) in [6, 6.07) is 17.0. The highest BCUT2D eigenvalue weighted by molar-refractivity contribution is 6.39. The van der Waals surface area contributed by atoms with Crippen LogP contribution in [0.2, 0.25) is 10.0 Å². The molecule has 0 saturated heterocycles. The Labute approximate surface area is 219 Å². The van der Waals surface area contributed by atoms with E-state index < -0.39 is 17.9 Å². The van der Waals surface area contributed by atoms with Gasteiger partial charge in [0, 0.05) is 18.7 Å². The van der Waals surface area contributed by atoms with E-state index in [2.05, 4.69) is 15.6 Å². The number of carboxylic acids is 1. The maximum absolute atomic E-state index is 12.6. The van der Waals surface area contributed by atoms with Gasteiger partial charge in [-0.1, -0.05) is 47.5 Å². The molecule has 188 valence electrons. The van der Waals surface area contributed by atoms with Crippen LogP contribution in [0, 0.1) is 0 Å². The molecule has 1 fully saturated rings. The smallest absolute Gasteiger partial charge is 0.326 e. The number of nitrogens with zero attached hydrogens (tertiary/aromatic N) is 1. The summed E-state index contributed by atoms with van der Waals surface area (Å²) < 4.78 is 6.15. The van der Waals surface area contributed by atoms with Gasteiger partial charge in [0.15, 0.2) is 0 Å². The molecule has 3 aromatic rings. The maximum Gasteiger partial charge on any atom is 0.326 e. The second kappa shape index (κ2) is 12.1. The molecule has 1 aromatic heterocycles. The van der Waals surface area contributed by atoms with Crippen molar-refractivity contribution in [2.75, 3.05) is 5.32 Å². The highest BCUT2D eigenvalue weighted by Crippen LogP contribution is 2.27. The van der Waals surface area contributed by atoms with E-state index in [0.717, 1.165) is 42.8 Å². The predicted octanol–water partition coefficient (Wildman–Crippen LogP) is 5.62. The number of hydrogen-bond acceptors (Lipinski definition) is 5. The summed E-state index contributed by atoms with van der Waals surface area (Å²) in [5.74, 6) is -0.157. The Morgan fingerprint density at radius 2 is 1.67 bits per heavy atom. The first-order chi connectivity index (χ1) is 17.4. The summed E-state index contributed by atoms with van der Waals surface area (Å²) in [6.45, 7) is 0. The summed E-state index contributed by atoms with van der Waals surface area (Å²) >= 11 is 12.2. The fourth-order valence-electron chi connectivity index (χ4n) is 4.26. The van der Waals surface area contributed by atoms with Gasteiger partial charge in [-0.25, -0.2) is 9.78 Å². The lowest BCUT2D eigenvalue weighted by atomic mass is 9.93. The van der Waals surface area contributed by atoms with Crippen molar-refractivity contribution in [3.63, 3.8) is 0 Å². The van der Waals surface area contributed by atoms with Crippen LogP contribution in [-0.2, 0) is 11.2 Å². The molecule has 1 unspecified atom stereocenters. The number of hydrogen-bond donors (Lipinski definition) is 3. The largest absolute Gasteiger partial charge is 0.490 e. The van der Waals surface area contributed by atoms with Crippen molar-refractivity contribution in [3.05, 3.63) is 88.0 Å². The number of aliphatic carboxylic acids is 1. The van der Waals surface area contributed by atoms with Gasteiger partial charge in [0.2, 0.25) is 0 Å². The normalized spacial score (nSPS) is 18.2. The molecule has 0 spiro atoms. The number of carbonyl (C=O) groups excluding carboxylic acids is 1. The van der Waals surface area contributed by atoms with Crippen molar-refractivity contribution in [3.8, 4) is 5.75 Å². The van der Waals surface area contributed by atoms with Crippen molar-refractivity contribution in [1.82, 2.24) is 10.3 Å². The van der Waals surface area contributed by atoms with Crippen molar-refractivity contribution in [1.29, 1.82) is 0 Å². The van der Waals surface area contributed by atoms with E-state index in [4.69, 9.17) is 27.9 Å². The number of halogens is 2. The van der Waals surface area contributed by atoms with E-state index in [-0.39, 0.29) is 28.1 Å². The lowest BCUT2D eigenvalue weighted by Gasteiger charge is -2.29. The molecule has 0 radical (unpaired) electrons. The summed E-state index contributed by atoms with van der Waals surface area (Å²) in [7, 11) is 0. The molecule has 0 aliphatic heterocycles. The van der Waals surface area contributed by atoms with E-state index in [0.29, 0.717) is 6.04 Å². The molecule has 9 heteroatoms. The summed E-state index contributed by atoms with van der Waals surface area (Å²) in [5, 5.41) is 15.9. The number of rotatable bonds is 9. The number of carboxylic acid groups (broad SMARTS) is 1. The van der Waals surface area contributed by atoms with E-state index in [1.807, 2.05) is 42.5 Å². The Bertz CT molecular complexity index is 1160. The van der Waals surface area contributed by atoms with Gasteiger partial charge in [-0.2, -0.15) is 0 Å². The van der Waals surface area contributed by atoms with Crippen molar-refractivity contribution >= 4 is 40.9 Å². The molecule has 1 aliphatic rings. The van der Waals surface area contributed by atoms with Crippen LogP contribution in [0.25, 0.3) is 0 Å². The van der Waals surface area contributed by atoms with Crippen LogP contribution in [0.1, 0.15) is 41.6 Å². The highest BCUT2D eigenvalue weighted by Gasteiger charge is 2.25. The van der Waals surface area contributed by atoms with Crippen molar-refractivity contribution in [2.24, 2.45) is 0 Å². The molecule has 1 atom stereocenters. The molecular weight excluding hydrogens is 501 g/mol. The van der Waals surface area contributed by atoms with Gasteiger partial charge < -0.3 is 20.5 Å².